The number of benzene rings is 1. The lowest BCUT2D eigenvalue weighted by atomic mass is 9.74. The third-order valence-corrected chi connectivity index (χ3v) is 5.56. The van der Waals surface area contributed by atoms with Crippen molar-refractivity contribution in [3.63, 3.8) is 0 Å². The Kier molecular flexibility index (Phi) is 6.35. The highest BCUT2D eigenvalue weighted by atomic mass is 19.3. The second kappa shape index (κ2) is 8.74. The smallest absolute Gasteiger partial charge is 0.387 e. The maximum Gasteiger partial charge on any atom is 0.387 e. The average Bonchev–Trinajstić information content (AvgIpc) is 2.66. The first-order valence-electron chi connectivity index (χ1n) is 9.42. The number of hydrogen-bond acceptors (Lipinski definition) is 6. The third kappa shape index (κ3) is 4.53. The first-order valence-corrected chi connectivity index (χ1v) is 9.42. The first-order chi connectivity index (χ1) is 13.5. The van der Waals surface area contributed by atoms with E-state index >= 15 is 0 Å². The van der Waals surface area contributed by atoms with Gasteiger partial charge >= 0.3 is 12.6 Å². The van der Waals surface area contributed by atoms with Crippen LogP contribution in [0, 0.1) is 11.3 Å². The molecule has 1 heterocycles. The monoisotopic (exact) mass is 394 g/mol. The molecule has 0 unspecified atom stereocenters. The molecule has 1 aromatic carbocycles. The zero-order valence-electron chi connectivity index (χ0n) is 15.8. The molecule has 1 saturated carbocycles. The van der Waals surface area contributed by atoms with Gasteiger partial charge in [0.05, 0.1) is 31.2 Å². The molecule has 0 atom stereocenters. The fraction of sp³-hybridized carbons (Fsp3) is 0.600. The van der Waals surface area contributed by atoms with E-state index in [9.17, 15) is 18.8 Å². The second-order valence-corrected chi connectivity index (χ2v) is 7.26. The molecule has 2 aliphatic rings. The van der Waals surface area contributed by atoms with Crippen molar-refractivity contribution >= 4 is 5.97 Å². The molecule has 0 aromatic heterocycles. The summed E-state index contributed by atoms with van der Waals surface area (Å²) in [7, 11) is 1.35. The van der Waals surface area contributed by atoms with Gasteiger partial charge in [-0.2, -0.15) is 14.0 Å². The number of carbonyl (C=O) groups is 1. The van der Waals surface area contributed by atoms with Crippen LogP contribution in [0.4, 0.5) is 8.78 Å². The molecule has 6 nitrogen and oxygen atoms in total. The topological polar surface area (TPSA) is 71.8 Å². The number of rotatable bonds is 7. The number of nitrogens with zero attached hydrogens (tertiary/aromatic N) is 2. The van der Waals surface area contributed by atoms with Gasteiger partial charge in [0.2, 0.25) is 0 Å². The van der Waals surface area contributed by atoms with E-state index in [1.165, 1.54) is 13.2 Å². The Morgan fingerprint density at radius 3 is 2.57 bits per heavy atom. The van der Waals surface area contributed by atoms with Crippen molar-refractivity contribution in [3.05, 3.63) is 23.8 Å². The largest absolute Gasteiger partial charge is 0.487 e. The van der Waals surface area contributed by atoms with E-state index in [-0.39, 0.29) is 30.1 Å². The molecule has 3 rings (SSSR count). The van der Waals surface area contributed by atoms with Crippen LogP contribution in [0.3, 0.4) is 0 Å². The number of halogens is 2. The molecule has 0 radical (unpaired) electrons. The minimum Gasteiger partial charge on any atom is -0.487 e. The van der Waals surface area contributed by atoms with Gasteiger partial charge in [0.15, 0.2) is 11.5 Å². The van der Waals surface area contributed by atoms with Crippen molar-refractivity contribution in [1.29, 1.82) is 5.26 Å². The lowest BCUT2D eigenvalue weighted by Gasteiger charge is -2.37. The Hall–Kier alpha value is -2.40. The lowest BCUT2D eigenvalue weighted by molar-refractivity contribution is -0.142. The molecule has 1 aliphatic carbocycles. The van der Waals surface area contributed by atoms with Gasteiger partial charge in [-0.25, -0.2) is 0 Å². The summed E-state index contributed by atoms with van der Waals surface area (Å²) in [4.78, 5) is 13.4. The summed E-state index contributed by atoms with van der Waals surface area (Å²) >= 11 is 0. The zero-order valence-corrected chi connectivity index (χ0v) is 15.8. The van der Waals surface area contributed by atoms with Crippen molar-refractivity contribution in [2.75, 3.05) is 26.7 Å². The minimum absolute atomic E-state index is 0.00443. The van der Waals surface area contributed by atoms with Gasteiger partial charge < -0.3 is 14.2 Å². The molecule has 0 bridgehead atoms. The second-order valence-electron chi connectivity index (χ2n) is 7.26. The Morgan fingerprint density at radius 1 is 1.32 bits per heavy atom. The van der Waals surface area contributed by atoms with Crippen LogP contribution in [0.5, 0.6) is 11.5 Å². The van der Waals surface area contributed by atoms with Crippen LogP contribution in [0.15, 0.2) is 18.2 Å². The van der Waals surface area contributed by atoms with Gasteiger partial charge in [-0.05, 0) is 49.8 Å². The molecule has 0 spiro atoms. The van der Waals surface area contributed by atoms with Crippen molar-refractivity contribution in [3.8, 4) is 17.6 Å². The van der Waals surface area contributed by atoms with E-state index in [1.807, 2.05) is 4.90 Å². The van der Waals surface area contributed by atoms with Gasteiger partial charge in [-0.3, -0.25) is 9.69 Å². The summed E-state index contributed by atoms with van der Waals surface area (Å²) in [6.07, 6.45) is 3.86. The highest BCUT2D eigenvalue weighted by Gasteiger charge is 2.38. The molecule has 152 valence electrons. The number of methoxy groups -OCH3 is 1. The van der Waals surface area contributed by atoms with Crippen LogP contribution < -0.4 is 9.47 Å². The molecule has 1 saturated heterocycles. The van der Waals surface area contributed by atoms with Gasteiger partial charge in [0.1, 0.15) is 0 Å². The molecule has 0 amide bonds. The predicted octanol–water partition coefficient (Wildman–Crippen LogP) is 3.25. The van der Waals surface area contributed by atoms with Crippen LogP contribution in [0.2, 0.25) is 0 Å². The SMILES string of the molecule is COC(=O)CN1CCC(C#N)(c2ccc(OC(F)F)c(OC3CCC3)c2)CC1. The number of nitriles is 1. The van der Waals surface area contributed by atoms with E-state index in [0.717, 1.165) is 24.8 Å². The Labute approximate surface area is 163 Å². The van der Waals surface area contributed by atoms with E-state index in [4.69, 9.17) is 9.47 Å². The van der Waals surface area contributed by atoms with Crippen molar-refractivity contribution in [1.82, 2.24) is 4.90 Å². The molecule has 2 fully saturated rings. The van der Waals surface area contributed by atoms with E-state index in [0.29, 0.717) is 25.9 Å². The number of alkyl halides is 2. The summed E-state index contributed by atoms with van der Waals surface area (Å²) in [5, 5.41) is 9.90. The van der Waals surface area contributed by atoms with Crippen molar-refractivity contribution < 1.29 is 27.8 Å². The van der Waals surface area contributed by atoms with Gasteiger partial charge in [-0.15, -0.1) is 0 Å². The van der Waals surface area contributed by atoms with E-state index < -0.39 is 12.0 Å². The maximum atomic E-state index is 12.7. The van der Waals surface area contributed by atoms with Crippen molar-refractivity contribution in [2.45, 2.75) is 50.2 Å². The molecule has 1 aromatic rings. The maximum absolute atomic E-state index is 12.7. The van der Waals surface area contributed by atoms with Crippen LogP contribution in [-0.4, -0.2) is 50.3 Å². The fourth-order valence-corrected chi connectivity index (χ4v) is 3.56. The number of hydrogen-bond donors (Lipinski definition) is 0. The van der Waals surface area contributed by atoms with Gasteiger partial charge in [0.25, 0.3) is 0 Å². The van der Waals surface area contributed by atoms with Crippen LogP contribution in [0.25, 0.3) is 0 Å². The molecular formula is C20H24F2N2O4. The normalized spacial score (nSPS) is 19.5. The highest BCUT2D eigenvalue weighted by molar-refractivity contribution is 5.71. The number of piperidine rings is 1. The summed E-state index contributed by atoms with van der Waals surface area (Å²) in [5.41, 5.74) is -0.0306. The van der Waals surface area contributed by atoms with Gasteiger partial charge in [-0.1, -0.05) is 6.07 Å². The summed E-state index contributed by atoms with van der Waals surface area (Å²) in [5.74, 6) is -0.0647. The first kappa shape index (κ1) is 20.3. The Bertz CT molecular complexity index is 738. The van der Waals surface area contributed by atoms with Crippen LogP contribution >= 0.6 is 0 Å². The predicted molar refractivity (Wildman–Crippen MR) is 96.3 cm³/mol. The molecule has 8 heteroatoms. The minimum atomic E-state index is -2.94. The fourth-order valence-electron chi connectivity index (χ4n) is 3.56. The summed E-state index contributed by atoms with van der Waals surface area (Å²) in [6.45, 7) is -1.62. The Balaban J connectivity index is 1.79. The van der Waals surface area contributed by atoms with E-state index in [1.54, 1.807) is 12.1 Å². The van der Waals surface area contributed by atoms with Crippen LogP contribution in [0.1, 0.15) is 37.7 Å². The lowest BCUT2D eigenvalue weighted by Crippen LogP contribution is -2.44. The molecule has 28 heavy (non-hydrogen) atoms. The standard InChI is InChI=1S/C20H24F2N2O4/c1-26-18(25)12-24-9-7-20(13-23,8-10-24)14-5-6-16(28-19(21)22)17(11-14)27-15-3-2-4-15/h5-6,11,15,19H,2-4,7-10,12H2,1H3. The van der Waals surface area contributed by atoms with E-state index in [2.05, 4.69) is 10.8 Å². The third-order valence-electron chi connectivity index (χ3n) is 5.56. The number of likely N-dealkylation sites (tertiary alicyclic amines) is 1. The van der Waals surface area contributed by atoms with Crippen LogP contribution in [-0.2, 0) is 14.9 Å². The average molecular weight is 394 g/mol. The Morgan fingerprint density at radius 2 is 2.04 bits per heavy atom. The molecule has 1 aliphatic heterocycles. The van der Waals surface area contributed by atoms with Gasteiger partial charge in [0, 0.05) is 13.1 Å². The zero-order chi connectivity index (χ0) is 20.1. The molecular weight excluding hydrogens is 370 g/mol. The highest BCUT2D eigenvalue weighted by Crippen LogP contribution is 2.41. The number of esters is 1. The summed E-state index contributed by atoms with van der Waals surface area (Å²) in [6, 6.07) is 7.18. The van der Waals surface area contributed by atoms with Crippen molar-refractivity contribution in [2.24, 2.45) is 0 Å². The number of ether oxygens (including phenoxy) is 3. The number of carbonyl (C=O) groups excluding carboxylic acids is 1. The molecule has 0 N–H and O–H groups in total. The quantitative estimate of drug-likeness (QED) is 0.661. The summed E-state index contributed by atoms with van der Waals surface area (Å²) < 4.78 is 40.6.